The number of nitrogens with two attached hydrogens (primary N) is 1. The summed E-state index contributed by atoms with van der Waals surface area (Å²) in [5, 5.41) is 2.87. The quantitative estimate of drug-likeness (QED) is 0.830. The molecule has 0 aromatic heterocycles. The second kappa shape index (κ2) is 6.88. The summed E-state index contributed by atoms with van der Waals surface area (Å²) in [6.07, 6.45) is 0.604. The van der Waals surface area contributed by atoms with E-state index in [-0.39, 0.29) is 17.6 Å². The number of anilines is 1. The van der Waals surface area contributed by atoms with Crippen molar-refractivity contribution in [1.82, 2.24) is 5.32 Å². The highest BCUT2D eigenvalue weighted by atomic mass is 19.1. The number of hydrogen-bond acceptors (Lipinski definition) is 2. The lowest BCUT2D eigenvalue weighted by molar-refractivity contribution is -0.122. The van der Waals surface area contributed by atoms with E-state index >= 15 is 0 Å². The van der Waals surface area contributed by atoms with Gasteiger partial charge in [0.25, 0.3) is 0 Å². The molecule has 4 heteroatoms. The maximum atomic E-state index is 13.0. The summed E-state index contributed by atoms with van der Waals surface area (Å²) in [6, 6.07) is 13.7. The van der Waals surface area contributed by atoms with Crippen LogP contribution in [0.4, 0.5) is 10.1 Å². The van der Waals surface area contributed by atoms with Crippen molar-refractivity contribution in [3.05, 3.63) is 65.5 Å². The highest BCUT2D eigenvalue weighted by Crippen LogP contribution is 2.17. The first-order valence-electron chi connectivity index (χ1n) is 6.94. The first-order chi connectivity index (χ1) is 10.1. The summed E-state index contributed by atoms with van der Waals surface area (Å²) in [5.41, 5.74) is 8.12. The number of benzene rings is 2. The average molecular weight is 286 g/mol. The maximum absolute atomic E-state index is 13.0. The van der Waals surface area contributed by atoms with Crippen LogP contribution in [0.1, 0.15) is 24.0 Å². The largest absolute Gasteiger partial charge is 0.399 e. The SMILES string of the molecule is CC(C(=O)NCCc1cccc(F)c1)c1cccc(N)c1. The van der Waals surface area contributed by atoms with Crippen LogP contribution in [-0.2, 0) is 11.2 Å². The normalized spacial score (nSPS) is 11.9. The van der Waals surface area contributed by atoms with E-state index in [9.17, 15) is 9.18 Å². The molecule has 0 fully saturated rings. The van der Waals surface area contributed by atoms with Gasteiger partial charge in [0.2, 0.25) is 5.91 Å². The van der Waals surface area contributed by atoms with Crippen molar-refractivity contribution < 1.29 is 9.18 Å². The van der Waals surface area contributed by atoms with Crippen LogP contribution in [0, 0.1) is 5.82 Å². The van der Waals surface area contributed by atoms with Crippen LogP contribution in [0.3, 0.4) is 0 Å². The van der Waals surface area contributed by atoms with Crippen molar-refractivity contribution in [3.8, 4) is 0 Å². The van der Waals surface area contributed by atoms with Crippen molar-refractivity contribution in [3.63, 3.8) is 0 Å². The highest BCUT2D eigenvalue weighted by molar-refractivity contribution is 5.83. The zero-order valence-electron chi connectivity index (χ0n) is 12.0. The number of nitrogens with one attached hydrogen (secondary N) is 1. The van der Waals surface area contributed by atoms with Crippen LogP contribution in [0.2, 0.25) is 0 Å². The van der Waals surface area contributed by atoms with E-state index in [1.165, 1.54) is 12.1 Å². The fourth-order valence-electron chi connectivity index (χ4n) is 2.16. The third-order valence-electron chi connectivity index (χ3n) is 3.41. The molecule has 0 saturated carbocycles. The zero-order valence-corrected chi connectivity index (χ0v) is 12.0. The van der Waals surface area contributed by atoms with Crippen LogP contribution in [0.15, 0.2) is 48.5 Å². The summed E-state index contributed by atoms with van der Waals surface area (Å²) >= 11 is 0. The third-order valence-corrected chi connectivity index (χ3v) is 3.41. The van der Waals surface area contributed by atoms with Crippen molar-refractivity contribution in [2.75, 3.05) is 12.3 Å². The van der Waals surface area contributed by atoms with Crippen molar-refractivity contribution >= 4 is 11.6 Å². The molecule has 0 aliphatic rings. The second-order valence-corrected chi connectivity index (χ2v) is 5.06. The summed E-state index contributed by atoms with van der Waals surface area (Å²) in [6.45, 7) is 2.32. The van der Waals surface area contributed by atoms with Gasteiger partial charge >= 0.3 is 0 Å². The number of amides is 1. The smallest absolute Gasteiger partial charge is 0.227 e. The third kappa shape index (κ3) is 4.31. The Balaban J connectivity index is 1.87. The van der Waals surface area contributed by atoms with Gasteiger partial charge in [-0.25, -0.2) is 4.39 Å². The van der Waals surface area contributed by atoms with Crippen LogP contribution < -0.4 is 11.1 Å². The van der Waals surface area contributed by atoms with E-state index in [2.05, 4.69) is 5.32 Å². The van der Waals surface area contributed by atoms with Gasteiger partial charge in [0, 0.05) is 12.2 Å². The Kier molecular flexibility index (Phi) is 4.93. The summed E-state index contributed by atoms with van der Waals surface area (Å²) in [5.74, 6) is -0.579. The number of nitrogen functional groups attached to an aromatic ring is 1. The van der Waals surface area contributed by atoms with Crippen LogP contribution >= 0.6 is 0 Å². The number of carbonyl (C=O) groups is 1. The topological polar surface area (TPSA) is 55.1 Å². The lowest BCUT2D eigenvalue weighted by Crippen LogP contribution is -2.29. The molecule has 0 radical (unpaired) electrons. The molecule has 1 amide bonds. The van der Waals surface area contributed by atoms with E-state index in [1.54, 1.807) is 18.2 Å². The van der Waals surface area contributed by atoms with Crippen molar-refractivity contribution in [2.45, 2.75) is 19.3 Å². The number of halogens is 1. The first-order valence-corrected chi connectivity index (χ1v) is 6.94. The lowest BCUT2D eigenvalue weighted by Gasteiger charge is -2.13. The Morgan fingerprint density at radius 2 is 2.00 bits per heavy atom. The number of hydrogen-bond donors (Lipinski definition) is 2. The van der Waals surface area contributed by atoms with Gasteiger partial charge < -0.3 is 11.1 Å². The van der Waals surface area contributed by atoms with E-state index in [0.717, 1.165) is 11.1 Å². The van der Waals surface area contributed by atoms with Gasteiger partial charge in [-0.3, -0.25) is 4.79 Å². The van der Waals surface area contributed by atoms with E-state index in [4.69, 9.17) is 5.73 Å². The van der Waals surface area contributed by atoms with Gasteiger partial charge in [0.1, 0.15) is 5.82 Å². The predicted octanol–water partition coefficient (Wildman–Crippen LogP) is 2.87. The highest BCUT2D eigenvalue weighted by Gasteiger charge is 2.14. The Morgan fingerprint density at radius 1 is 1.24 bits per heavy atom. The van der Waals surface area contributed by atoms with Crippen molar-refractivity contribution in [1.29, 1.82) is 0 Å². The van der Waals surface area contributed by atoms with Gasteiger partial charge in [-0.2, -0.15) is 0 Å². The molecule has 2 aromatic carbocycles. The molecule has 110 valence electrons. The average Bonchev–Trinajstić information content (AvgIpc) is 2.46. The van der Waals surface area contributed by atoms with Gasteiger partial charge in [-0.15, -0.1) is 0 Å². The maximum Gasteiger partial charge on any atom is 0.227 e. The summed E-state index contributed by atoms with van der Waals surface area (Å²) in [4.78, 5) is 12.1. The van der Waals surface area contributed by atoms with Crippen LogP contribution in [0.25, 0.3) is 0 Å². The second-order valence-electron chi connectivity index (χ2n) is 5.06. The Morgan fingerprint density at radius 3 is 2.71 bits per heavy atom. The fourth-order valence-corrected chi connectivity index (χ4v) is 2.16. The van der Waals surface area contributed by atoms with Gasteiger partial charge in [-0.05, 0) is 48.7 Å². The summed E-state index contributed by atoms with van der Waals surface area (Å²) < 4.78 is 13.0. The minimum Gasteiger partial charge on any atom is -0.399 e. The van der Waals surface area contributed by atoms with Crippen LogP contribution in [0.5, 0.6) is 0 Å². The minimum atomic E-state index is -0.263. The first kappa shape index (κ1) is 15.0. The Bertz CT molecular complexity index is 628. The molecule has 1 unspecified atom stereocenters. The van der Waals surface area contributed by atoms with E-state index in [0.29, 0.717) is 18.7 Å². The standard InChI is InChI=1S/C17H19FN2O/c1-12(14-5-3-7-16(19)11-14)17(21)20-9-8-13-4-2-6-15(18)10-13/h2-7,10-12H,8-9,19H2,1H3,(H,20,21). The molecule has 2 rings (SSSR count). The molecule has 2 aromatic rings. The van der Waals surface area contributed by atoms with E-state index in [1.807, 2.05) is 25.1 Å². The molecule has 0 aliphatic carbocycles. The van der Waals surface area contributed by atoms with E-state index < -0.39 is 0 Å². The molecule has 1 atom stereocenters. The number of rotatable bonds is 5. The molecule has 0 saturated heterocycles. The molecule has 0 spiro atoms. The summed E-state index contributed by atoms with van der Waals surface area (Å²) in [7, 11) is 0. The molecular formula is C17H19FN2O. The fraction of sp³-hybridized carbons (Fsp3) is 0.235. The zero-order chi connectivity index (χ0) is 15.2. The molecule has 21 heavy (non-hydrogen) atoms. The van der Waals surface area contributed by atoms with Crippen molar-refractivity contribution in [2.24, 2.45) is 0 Å². The lowest BCUT2D eigenvalue weighted by atomic mass is 10.00. The van der Waals surface area contributed by atoms with Gasteiger partial charge in [0.05, 0.1) is 5.92 Å². The number of carbonyl (C=O) groups excluding carboxylic acids is 1. The van der Waals surface area contributed by atoms with Crippen LogP contribution in [-0.4, -0.2) is 12.5 Å². The molecule has 3 nitrogen and oxygen atoms in total. The predicted molar refractivity (Wildman–Crippen MR) is 82.4 cm³/mol. The van der Waals surface area contributed by atoms with Gasteiger partial charge in [-0.1, -0.05) is 24.3 Å². The monoisotopic (exact) mass is 286 g/mol. The Labute approximate surface area is 124 Å². The molecule has 0 bridgehead atoms. The van der Waals surface area contributed by atoms with Gasteiger partial charge in [0.15, 0.2) is 0 Å². The molecule has 0 aliphatic heterocycles. The Hall–Kier alpha value is -2.36. The minimum absolute atomic E-state index is 0.0583. The molecular weight excluding hydrogens is 267 g/mol. The molecule has 3 N–H and O–H groups in total. The molecule has 0 heterocycles.